The summed E-state index contributed by atoms with van der Waals surface area (Å²) in [7, 11) is 17.4. The molecule has 3 unspecified atom stereocenters. The molecule has 0 N–H and O–H groups in total. The molecule has 4 aliphatic rings. The van der Waals surface area contributed by atoms with E-state index in [0.717, 1.165) is 12.3 Å². The van der Waals surface area contributed by atoms with Crippen molar-refractivity contribution in [2.75, 3.05) is 0 Å². The Morgan fingerprint density at radius 1 is 0.739 bits per heavy atom. The quantitative estimate of drug-likeness (QED) is 0.201. The predicted octanol–water partition coefficient (Wildman–Crippen LogP) is 13.7. The molecule has 7 rings (SSSR count). The molecule has 0 bridgehead atoms. The van der Waals surface area contributed by atoms with E-state index >= 15 is 0 Å². The van der Waals surface area contributed by atoms with Crippen molar-refractivity contribution in [3.8, 4) is 11.1 Å². The third-order valence-corrected chi connectivity index (χ3v) is 64.8. The van der Waals surface area contributed by atoms with E-state index in [1.54, 1.807) is 5.57 Å². The average Bonchev–Trinajstić information content (AvgIpc) is 3.82. The fourth-order valence-corrected chi connectivity index (χ4v) is 42.0. The van der Waals surface area contributed by atoms with Crippen molar-refractivity contribution in [3.63, 3.8) is 0 Å². The van der Waals surface area contributed by atoms with Gasteiger partial charge in [0.25, 0.3) is 0 Å². The molecule has 2 fully saturated rings. The van der Waals surface area contributed by atoms with E-state index in [9.17, 15) is 0 Å². The Labute approximate surface area is 287 Å². The number of benzene rings is 3. The second-order valence-electron chi connectivity index (χ2n) is 15.7. The summed E-state index contributed by atoms with van der Waals surface area (Å²) in [5.41, 5.74) is 14.4. The molecule has 0 saturated heterocycles. The second kappa shape index (κ2) is 12.9. The fourth-order valence-electron chi connectivity index (χ4n) is 10.1. The van der Waals surface area contributed by atoms with Crippen molar-refractivity contribution in [2.24, 2.45) is 5.92 Å². The summed E-state index contributed by atoms with van der Waals surface area (Å²) >= 11 is -4.73. The molecule has 4 heteroatoms. The molecular formula is C42H53Cl2SiZr. The zero-order chi connectivity index (χ0) is 32.2. The number of fused-ring (bicyclic) bond motifs is 2. The van der Waals surface area contributed by atoms with Gasteiger partial charge in [0.1, 0.15) is 0 Å². The van der Waals surface area contributed by atoms with Crippen LogP contribution in [0.5, 0.6) is 0 Å². The summed E-state index contributed by atoms with van der Waals surface area (Å²) in [5.74, 6) is 0.304. The van der Waals surface area contributed by atoms with E-state index in [-0.39, 0.29) is 7.25 Å². The van der Waals surface area contributed by atoms with Crippen molar-refractivity contribution >= 4 is 35.1 Å². The first-order valence-corrected chi connectivity index (χ1v) is 34.8. The average molecular weight is 748 g/mol. The molecule has 46 heavy (non-hydrogen) atoms. The predicted molar refractivity (Wildman–Crippen MR) is 203 cm³/mol. The Balaban J connectivity index is 1.35. The van der Waals surface area contributed by atoms with Crippen LogP contribution in [0.15, 0.2) is 71.8 Å². The van der Waals surface area contributed by atoms with Crippen molar-refractivity contribution in [3.05, 3.63) is 105 Å². The van der Waals surface area contributed by atoms with Crippen LogP contribution in [-0.2, 0) is 15.6 Å². The number of hydrogen-bond donors (Lipinski definition) is 0. The Hall–Kier alpha value is -1.18. The summed E-state index contributed by atoms with van der Waals surface area (Å²) < 4.78 is 0.359. The minimum atomic E-state index is -4.73. The van der Waals surface area contributed by atoms with Crippen LogP contribution in [0.1, 0.15) is 137 Å². The maximum atomic E-state index is 8.69. The van der Waals surface area contributed by atoms with E-state index in [4.69, 9.17) is 17.0 Å². The Bertz CT molecular complexity index is 1670. The minimum absolute atomic E-state index is 0.154. The topological polar surface area (TPSA) is 0 Å². The second-order valence-corrected chi connectivity index (χ2v) is 58.2. The van der Waals surface area contributed by atoms with Crippen LogP contribution in [0.4, 0.5) is 0 Å². The summed E-state index contributed by atoms with van der Waals surface area (Å²) in [6.07, 6.45) is 18.3. The Kier molecular flexibility index (Phi) is 9.37. The summed E-state index contributed by atoms with van der Waals surface area (Å²) in [4.78, 5) is 0. The van der Waals surface area contributed by atoms with Gasteiger partial charge in [-0.3, -0.25) is 0 Å². The van der Waals surface area contributed by atoms with Crippen LogP contribution in [-0.4, -0.2) is 5.92 Å². The molecule has 4 aliphatic carbocycles. The molecule has 243 valence electrons. The van der Waals surface area contributed by atoms with Crippen LogP contribution < -0.4 is 0 Å². The number of hydrogen-bond acceptors (Lipinski definition) is 0. The van der Waals surface area contributed by atoms with Gasteiger partial charge in [0, 0.05) is 0 Å². The first-order valence-electron chi connectivity index (χ1n) is 18.5. The summed E-state index contributed by atoms with van der Waals surface area (Å²) in [6.45, 7) is 12.0. The van der Waals surface area contributed by atoms with Gasteiger partial charge in [0.05, 0.1) is 0 Å². The van der Waals surface area contributed by atoms with Gasteiger partial charge >= 0.3 is 290 Å². The van der Waals surface area contributed by atoms with Gasteiger partial charge < -0.3 is 0 Å². The van der Waals surface area contributed by atoms with E-state index < -0.39 is 21.5 Å². The van der Waals surface area contributed by atoms with E-state index in [1.165, 1.54) is 108 Å². The van der Waals surface area contributed by atoms with Gasteiger partial charge in [0.15, 0.2) is 0 Å². The van der Waals surface area contributed by atoms with Crippen LogP contribution in [0.25, 0.3) is 23.3 Å². The van der Waals surface area contributed by atoms with Crippen molar-refractivity contribution in [2.45, 2.75) is 117 Å². The van der Waals surface area contributed by atoms with Crippen LogP contribution >= 0.6 is 17.0 Å². The van der Waals surface area contributed by atoms with Gasteiger partial charge in [-0.25, -0.2) is 0 Å². The zero-order valence-electron chi connectivity index (χ0n) is 28.7. The van der Waals surface area contributed by atoms with Crippen LogP contribution in [0.2, 0.25) is 13.1 Å². The summed E-state index contributed by atoms with van der Waals surface area (Å²) in [6, 6.07) is 23.7. The standard InChI is InChI=1S/C22H23.C18H23.C2H7Si.2ClH.Zr/c1-16-14-20-8-5-9-21(22(20)15-16)19-12-10-18(11-13-19)17-6-3-2-4-7-17;1-3-13(2)17-10-6-9-15-11-16(12-18(15)17)14-7-4-5-8-14;1-3-2;;;/h5,8-15,17H,2-4,6-7H2,1H3;6,9-14H,3-5,7-8H2,1-2H3;3H,1-2H3;2*1H;/q;;;;;+2/p-2. The molecule has 3 atom stereocenters. The molecule has 0 radical (unpaired) electrons. The van der Waals surface area contributed by atoms with E-state index in [0.29, 0.717) is 11.8 Å². The normalized spacial score (nSPS) is 23.5. The van der Waals surface area contributed by atoms with Gasteiger partial charge in [-0.1, -0.05) is 0 Å². The van der Waals surface area contributed by atoms with Gasteiger partial charge in [-0.05, 0) is 0 Å². The molecule has 3 aromatic carbocycles. The van der Waals surface area contributed by atoms with Gasteiger partial charge in [-0.2, -0.15) is 0 Å². The van der Waals surface area contributed by atoms with Crippen molar-refractivity contribution < 1.29 is 15.6 Å². The molecule has 0 amide bonds. The molecule has 0 aliphatic heterocycles. The first-order chi connectivity index (χ1) is 22.1. The van der Waals surface area contributed by atoms with Crippen molar-refractivity contribution in [1.82, 2.24) is 0 Å². The summed E-state index contributed by atoms with van der Waals surface area (Å²) in [5, 5.41) is 0. The number of rotatable bonds is 8. The van der Waals surface area contributed by atoms with E-state index in [1.807, 2.05) is 0 Å². The molecular weight excluding hydrogens is 695 g/mol. The fraction of sp³-hybridized carbons (Fsp3) is 0.476. The third-order valence-electron chi connectivity index (χ3n) is 12.9. The molecule has 0 spiro atoms. The molecule has 3 aromatic rings. The van der Waals surface area contributed by atoms with Gasteiger partial charge in [-0.15, -0.1) is 0 Å². The molecule has 0 nitrogen and oxygen atoms in total. The van der Waals surface area contributed by atoms with Crippen molar-refractivity contribution in [1.29, 1.82) is 0 Å². The van der Waals surface area contributed by atoms with Crippen LogP contribution in [0, 0.1) is 5.92 Å². The number of allylic oxidation sites excluding steroid dienone is 2. The Morgan fingerprint density at radius 2 is 1.35 bits per heavy atom. The van der Waals surface area contributed by atoms with Gasteiger partial charge in [0.2, 0.25) is 0 Å². The third kappa shape index (κ3) is 5.39. The molecule has 2 saturated carbocycles. The first kappa shape index (κ1) is 33.3. The maximum absolute atomic E-state index is 8.69. The van der Waals surface area contributed by atoms with Crippen LogP contribution in [0.3, 0.4) is 0 Å². The van der Waals surface area contributed by atoms with E-state index in [2.05, 4.69) is 107 Å². The SMILES string of the molecule is CCC(C)c1cccc2c1C=C(C1CCCC1)[CH]2[Zr]([Cl])([Cl])([CH]1C(C)=Cc2c(-c3ccc(C4CCCCC4)cc3)cccc21)[SiH](C)C. The Morgan fingerprint density at radius 3 is 2.00 bits per heavy atom. The monoisotopic (exact) mass is 745 g/mol. The number of halogens is 2. The molecule has 0 heterocycles. The zero-order valence-corrected chi connectivity index (χ0v) is 33.8. The molecule has 0 aromatic heterocycles.